The van der Waals surface area contributed by atoms with Crippen LogP contribution < -0.4 is 0 Å². The highest BCUT2D eigenvalue weighted by molar-refractivity contribution is 9.10. The Kier molecular flexibility index (Phi) is 6.39. The minimum atomic E-state index is -0.163. The zero-order valence-electron chi connectivity index (χ0n) is 16.5. The van der Waals surface area contributed by atoms with Crippen LogP contribution in [0, 0.1) is 6.92 Å². The number of hydrogen-bond donors (Lipinski definition) is 1. The summed E-state index contributed by atoms with van der Waals surface area (Å²) in [6.07, 6.45) is 4.88. The van der Waals surface area contributed by atoms with Crippen LogP contribution in [0.4, 0.5) is 0 Å². The third kappa shape index (κ3) is 4.98. The molecule has 0 saturated carbocycles. The molecule has 1 aliphatic heterocycles. The summed E-state index contributed by atoms with van der Waals surface area (Å²) >= 11 is 4.62. The van der Waals surface area contributed by atoms with E-state index in [0.717, 1.165) is 15.6 Å². The molecule has 156 valence electrons. The van der Waals surface area contributed by atoms with Crippen LogP contribution in [0.2, 0.25) is 0 Å². The Balaban J connectivity index is 1.65. The van der Waals surface area contributed by atoms with Crippen LogP contribution in [0.5, 0.6) is 5.75 Å². The van der Waals surface area contributed by atoms with Gasteiger partial charge in [0.05, 0.1) is 23.9 Å². The van der Waals surface area contributed by atoms with E-state index in [1.54, 1.807) is 36.6 Å². The highest BCUT2D eigenvalue weighted by Gasteiger charge is 2.34. The molecule has 2 aromatic carbocycles. The van der Waals surface area contributed by atoms with Crippen molar-refractivity contribution in [1.82, 2.24) is 4.90 Å². The maximum atomic E-state index is 13.1. The summed E-state index contributed by atoms with van der Waals surface area (Å²) in [5.74, 6) is 0.575. The molecule has 0 atom stereocenters. The number of aromatic hydroxyl groups is 1. The molecule has 1 saturated heterocycles. The number of carbonyl (C=O) groups excluding carboxylic acids is 1. The third-order valence-electron chi connectivity index (χ3n) is 4.59. The van der Waals surface area contributed by atoms with Gasteiger partial charge in [-0.2, -0.15) is 5.10 Å². The van der Waals surface area contributed by atoms with E-state index in [1.807, 2.05) is 37.3 Å². The number of nitrogens with zero attached hydrogens (tertiary/aromatic N) is 3. The predicted molar refractivity (Wildman–Crippen MR) is 127 cm³/mol. The molecule has 4 rings (SSSR count). The lowest BCUT2D eigenvalue weighted by atomic mass is 10.1. The second kappa shape index (κ2) is 9.36. The molecule has 0 aliphatic carbocycles. The monoisotopic (exact) mass is 495 g/mol. The first-order valence-corrected chi connectivity index (χ1v) is 11.0. The maximum Gasteiger partial charge on any atom is 0.267 e. The van der Waals surface area contributed by atoms with Crippen molar-refractivity contribution < 1.29 is 14.3 Å². The van der Waals surface area contributed by atoms with Crippen molar-refractivity contribution in [1.29, 1.82) is 0 Å². The summed E-state index contributed by atoms with van der Waals surface area (Å²) in [5, 5.41) is 18.8. The van der Waals surface area contributed by atoms with Crippen LogP contribution in [-0.4, -0.2) is 27.3 Å². The number of halogens is 1. The molecule has 1 amide bonds. The molecule has 0 radical (unpaired) electrons. The maximum absolute atomic E-state index is 13.1. The van der Waals surface area contributed by atoms with Gasteiger partial charge in [0.1, 0.15) is 11.5 Å². The van der Waals surface area contributed by atoms with Gasteiger partial charge in [0.15, 0.2) is 5.17 Å². The molecule has 1 N–H and O–H groups in total. The molecule has 0 bridgehead atoms. The van der Waals surface area contributed by atoms with Gasteiger partial charge in [0, 0.05) is 10.0 Å². The van der Waals surface area contributed by atoms with Crippen LogP contribution in [-0.2, 0) is 11.3 Å². The van der Waals surface area contributed by atoms with Crippen molar-refractivity contribution in [3.05, 3.63) is 92.7 Å². The van der Waals surface area contributed by atoms with Crippen molar-refractivity contribution in [2.75, 3.05) is 0 Å². The number of rotatable bonds is 5. The largest absolute Gasteiger partial charge is 0.507 e. The van der Waals surface area contributed by atoms with Gasteiger partial charge in [0.25, 0.3) is 5.91 Å². The van der Waals surface area contributed by atoms with Crippen molar-refractivity contribution >= 4 is 51.1 Å². The summed E-state index contributed by atoms with van der Waals surface area (Å²) in [4.78, 5) is 15.2. The van der Waals surface area contributed by atoms with Gasteiger partial charge in [-0.15, -0.1) is 5.10 Å². The van der Waals surface area contributed by atoms with E-state index in [-0.39, 0.29) is 18.2 Å². The number of amidine groups is 1. The van der Waals surface area contributed by atoms with E-state index in [9.17, 15) is 9.90 Å². The lowest BCUT2D eigenvalue weighted by molar-refractivity contribution is -0.122. The quantitative estimate of drug-likeness (QED) is 0.285. The SMILES string of the molecule is Cc1ccccc1/C=C1\S/C(=N\N=C\c2cc(Br)ccc2O)N(Cc2ccco2)C1=O. The van der Waals surface area contributed by atoms with Gasteiger partial charge >= 0.3 is 0 Å². The average Bonchev–Trinajstić information content (AvgIpc) is 3.36. The van der Waals surface area contributed by atoms with Gasteiger partial charge in [-0.25, -0.2) is 0 Å². The Morgan fingerprint density at radius 3 is 2.77 bits per heavy atom. The molecule has 3 aromatic rings. The number of phenolic OH excluding ortho intramolecular Hbond substituents is 1. The molecular weight excluding hydrogens is 478 g/mol. The van der Waals surface area contributed by atoms with E-state index in [4.69, 9.17) is 4.42 Å². The van der Waals surface area contributed by atoms with Crippen LogP contribution >= 0.6 is 27.7 Å². The second-order valence-electron chi connectivity index (χ2n) is 6.77. The summed E-state index contributed by atoms with van der Waals surface area (Å²) in [7, 11) is 0. The number of phenols is 1. The molecule has 1 aliphatic rings. The number of furan rings is 1. The number of amides is 1. The van der Waals surface area contributed by atoms with E-state index >= 15 is 0 Å². The van der Waals surface area contributed by atoms with Gasteiger partial charge in [-0.05, 0) is 66.2 Å². The van der Waals surface area contributed by atoms with Gasteiger partial charge in [0.2, 0.25) is 0 Å². The normalized spacial score (nSPS) is 16.8. The first-order chi connectivity index (χ1) is 15.0. The smallest absolute Gasteiger partial charge is 0.267 e. The molecule has 0 unspecified atom stereocenters. The first-order valence-electron chi connectivity index (χ1n) is 9.40. The molecule has 0 spiro atoms. The second-order valence-corrected chi connectivity index (χ2v) is 8.69. The van der Waals surface area contributed by atoms with Crippen LogP contribution in [0.3, 0.4) is 0 Å². The third-order valence-corrected chi connectivity index (χ3v) is 6.08. The van der Waals surface area contributed by atoms with Gasteiger partial charge < -0.3 is 9.52 Å². The highest BCUT2D eigenvalue weighted by atomic mass is 79.9. The standard InChI is InChI=1S/C23H18BrN3O3S/c1-15-5-2-3-6-16(15)12-21-22(29)27(14-19-7-4-10-30-19)23(31-21)26-25-13-17-11-18(24)8-9-20(17)28/h2-13,28H,14H2,1H3/b21-12-,25-13+,26-23-. The fourth-order valence-corrected chi connectivity index (χ4v) is 4.24. The van der Waals surface area contributed by atoms with Crippen molar-refractivity contribution in [3.8, 4) is 5.75 Å². The lowest BCUT2D eigenvalue weighted by Crippen LogP contribution is -2.28. The Bertz CT molecular complexity index is 1200. The molecular formula is C23H18BrN3O3S. The fourth-order valence-electron chi connectivity index (χ4n) is 2.94. The summed E-state index contributed by atoms with van der Waals surface area (Å²) in [5.41, 5.74) is 2.57. The Morgan fingerprint density at radius 1 is 1.16 bits per heavy atom. The van der Waals surface area contributed by atoms with E-state index in [2.05, 4.69) is 26.1 Å². The van der Waals surface area contributed by atoms with E-state index < -0.39 is 0 Å². The highest BCUT2D eigenvalue weighted by Crippen LogP contribution is 2.34. The van der Waals surface area contributed by atoms with Crippen LogP contribution in [0.25, 0.3) is 6.08 Å². The van der Waals surface area contributed by atoms with Crippen LogP contribution in [0.1, 0.15) is 22.5 Å². The molecule has 2 heterocycles. The van der Waals surface area contributed by atoms with E-state index in [0.29, 0.717) is 21.4 Å². The first kappa shape index (κ1) is 21.1. The average molecular weight is 496 g/mol. The number of benzene rings is 2. The van der Waals surface area contributed by atoms with Crippen LogP contribution in [0.15, 0.2) is 84.9 Å². The summed E-state index contributed by atoms with van der Waals surface area (Å²) in [6, 6.07) is 16.5. The number of thioether (sulfide) groups is 1. The Hall–Kier alpha value is -3.10. The Labute approximate surface area is 192 Å². The molecule has 1 aromatic heterocycles. The lowest BCUT2D eigenvalue weighted by Gasteiger charge is -2.12. The van der Waals surface area contributed by atoms with Gasteiger partial charge in [-0.3, -0.25) is 9.69 Å². The fraction of sp³-hybridized carbons (Fsp3) is 0.0870. The molecule has 31 heavy (non-hydrogen) atoms. The number of carbonyl (C=O) groups is 1. The summed E-state index contributed by atoms with van der Waals surface area (Å²) < 4.78 is 6.23. The number of hydrogen-bond acceptors (Lipinski definition) is 6. The molecule has 1 fully saturated rings. The molecule has 6 nitrogen and oxygen atoms in total. The molecule has 8 heteroatoms. The van der Waals surface area contributed by atoms with E-state index in [1.165, 1.54) is 22.9 Å². The Morgan fingerprint density at radius 2 is 2.00 bits per heavy atom. The minimum absolute atomic E-state index is 0.0925. The zero-order valence-corrected chi connectivity index (χ0v) is 18.9. The zero-order chi connectivity index (χ0) is 21.8. The minimum Gasteiger partial charge on any atom is -0.507 e. The topological polar surface area (TPSA) is 78.4 Å². The summed E-state index contributed by atoms with van der Waals surface area (Å²) in [6.45, 7) is 2.25. The van der Waals surface area contributed by atoms with Crippen molar-refractivity contribution in [3.63, 3.8) is 0 Å². The number of aryl methyl sites for hydroxylation is 1. The van der Waals surface area contributed by atoms with Crippen molar-refractivity contribution in [2.45, 2.75) is 13.5 Å². The predicted octanol–water partition coefficient (Wildman–Crippen LogP) is 5.56. The van der Waals surface area contributed by atoms with Crippen molar-refractivity contribution in [2.24, 2.45) is 10.2 Å². The van der Waals surface area contributed by atoms with Gasteiger partial charge in [-0.1, -0.05) is 40.2 Å².